The van der Waals surface area contributed by atoms with Gasteiger partial charge in [-0.2, -0.15) is 0 Å². The van der Waals surface area contributed by atoms with Crippen molar-refractivity contribution in [3.63, 3.8) is 0 Å². The van der Waals surface area contributed by atoms with Crippen molar-refractivity contribution in [3.05, 3.63) is 454 Å². The van der Waals surface area contributed by atoms with Gasteiger partial charge >= 0.3 is 0 Å². The van der Waals surface area contributed by atoms with Crippen LogP contribution in [0.25, 0.3) is 111 Å². The summed E-state index contributed by atoms with van der Waals surface area (Å²) < 4.78 is 0. The maximum Gasteiger partial charge on any atom is -0.0167 e. The summed E-state index contributed by atoms with van der Waals surface area (Å²) in [6.07, 6.45) is 17.3. The summed E-state index contributed by atoms with van der Waals surface area (Å²) in [5, 5.41) is 0. The van der Waals surface area contributed by atoms with E-state index < -0.39 is 0 Å². The van der Waals surface area contributed by atoms with Gasteiger partial charge in [-0.25, -0.2) is 0 Å². The Kier molecular flexibility index (Phi) is 70.8. The van der Waals surface area contributed by atoms with Gasteiger partial charge in [0.15, 0.2) is 0 Å². The maximum absolute atomic E-state index is 2.33. The Morgan fingerprint density at radius 3 is 0.537 bits per heavy atom. The number of hydrogen-bond donors (Lipinski definition) is 0. The van der Waals surface area contributed by atoms with E-state index in [1.165, 1.54) is 234 Å². The van der Waals surface area contributed by atoms with Crippen molar-refractivity contribution < 1.29 is 0 Å². The Hall–Kier alpha value is -12.5. The molecule has 0 spiro atoms. The van der Waals surface area contributed by atoms with Crippen molar-refractivity contribution >= 4 is 0 Å². The third-order valence-electron chi connectivity index (χ3n) is 26.2. The summed E-state index contributed by atoms with van der Waals surface area (Å²) in [6.45, 7) is 73.6. The van der Waals surface area contributed by atoms with Crippen LogP contribution >= 0.6 is 0 Å². The number of aryl methyl sites for hydroxylation is 12. The second-order valence-corrected chi connectivity index (χ2v) is 36.0. The molecule has 16 aromatic carbocycles. The van der Waals surface area contributed by atoms with Crippen LogP contribution in [0.2, 0.25) is 0 Å². The summed E-state index contributed by atoms with van der Waals surface area (Å²) in [5.41, 5.74) is 45.2. The topological polar surface area (TPSA) is 0 Å². The van der Waals surface area contributed by atoms with E-state index in [-0.39, 0.29) is 0 Å². The van der Waals surface area contributed by atoms with Crippen LogP contribution in [-0.4, -0.2) is 0 Å². The van der Waals surface area contributed by atoms with Gasteiger partial charge in [-0.3, -0.25) is 0 Å². The first kappa shape index (κ1) is 133. The minimum atomic E-state index is 0.706. The standard InChI is InChI=1S/C30H30.C24H26.C22H22.C19H24.2C18H22.9C2H6/c1-4-22-7-13-25(14-8-22)28-19-29(26-15-9-23(5-2)10-16-26)21-30(20-28)27-17-11-24(6-3)12-18-27;1-4-18-7-11-21(12-8-18)23-15-20(6-3)16-24(17-23)22-13-9-19(5-2)10-14-22;1-3-17-8-12-19(13-9-17)21-6-5-7-22(16-21)20-14-10-18(4-2)11-15-20;1-4-16(5-2)14-17-8-12-19(13-9-17)18-10-6-15(3)7-11-18;1-14(2)4-7-16-8-12-18(13-9-16)17-10-5-15(3)6-11-17;1-4-15(5-2)16-10-12-18(13-11-16)17-8-6-14(3)7-9-17;9*1-2/h7-21H,4-6H2,1-3H3;7-17H,4-6H2,1-3H3;5-16H,3-4H2,1-2H3;6-13,16H,4-5,14H2,1-3H3;5-6,8-14H,4,7H2,1-3H3;6-13,15H,4-5H2,1-3H3;9*1-2H3. The van der Waals surface area contributed by atoms with E-state index in [2.05, 4.69) is 494 Å². The van der Waals surface area contributed by atoms with Crippen LogP contribution in [0.3, 0.4) is 0 Å². The molecule has 16 rings (SSSR count). The van der Waals surface area contributed by atoms with Crippen LogP contribution in [-0.2, 0) is 64.2 Å². The quantitative estimate of drug-likeness (QED) is 0.0458. The molecule has 0 aliphatic heterocycles. The van der Waals surface area contributed by atoms with Crippen LogP contribution in [0, 0.1) is 32.6 Å². The first-order valence-electron chi connectivity index (χ1n) is 58.4. The van der Waals surface area contributed by atoms with Gasteiger partial charge in [0, 0.05) is 0 Å². The summed E-state index contributed by atoms with van der Waals surface area (Å²) in [5.74, 6) is 2.31. The highest BCUT2D eigenvalue weighted by atomic mass is 14.2. The summed E-state index contributed by atoms with van der Waals surface area (Å²) in [6, 6.07) is 139. The Morgan fingerprint density at radius 1 is 0.161 bits per heavy atom. The van der Waals surface area contributed by atoms with Crippen molar-refractivity contribution in [2.24, 2.45) is 11.8 Å². The van der Waals surface area contributed by atoms with Gasteiger partial charge in [-0.15, -0.1) is 0 Å². The molecule has 0 aliphatic carbocycles. The van der Waals surface area contributed by atoms with Gasteiger partial charge in [0.2, 0.25) is 0 Å². The Labute approximate surface area is 915 Å². The molecule has 796 valence electrons. The van der Waals surface area contributed by atoms with Crippen LogP contribution in [0.15, 0.2) is 376 Å². The molecule has 0 radical (unpaired) electrons. The molecule has 0 nitrogen and oxygen atoms in total. The lowest BCUT2D eigenvalue weighted by Gasteiger charge is -2.13. The zero-order valence-electron chi connectivity index (χ0n) is 100. The first-order chi connectivity index (χ1) is 72.8. The molecule has 0 aromatic heterocycles. The lowest BCUT2D eigenvalue weighted by atomic mass is 9.92. The lowest BCUT2D eigenvalue weighted by molar-refractivity contribution is 0.490. The Morgan fingerprint density at radius 2 is 0.336 bits per heavy atom. The highest BCUT2D eigenvalue weighted by molar-refractivity contribution is 5.82. The molecule has 0 saturated carbocycles. The van der Waals surface area contributed by atoms with E-state index in [4.69, 9.17) is 0 Å². The molecule has 0 N–H and O–H groups in total. The Bertz CT molecular complexity index is 5690. The third kappa shape index (κ3) is 46.3. The zero-order valence-corrected chi connectivity index (χ0v) is 100. The predicted octanol–water partition coefficient (Wildman–Crippen LogP) is 46.9. The largest absolute Gasteiger partial charge is 0.0683 e. The van der Waals surface area contributed by atoms with E-state index in [1.807, 2.05) is 125 Å². The minimum absolute atomic E-state index is 0.706. The van der Waals surface area contributed by atoms with Gasteiger partial charge in [0.05, 0.1) is 0 Å². The predicted molar refractivity (Wildman–Crippen MR) is 679 cm³/mol. The van der Waals surface area contributed by atoms with Gasteiger partial charge in [0.1, 0.15) is 0 Å². The van der Waals surface area contributed by atoms with Crippen LogP contribution in [0.1, 0.15) is 337 Å². The lowest BCUT2D eigenvalue weighted by Crippen LogP contribution is -2.01. The van der Waals surface area contributed by atoms with Crippen molar-refractivity contribution in [1.82, 2.24) is 0 Å². The molecule has 0 saturated heterocycles. The second kappa shape index (κ2) is 79.6. The van der Waals surface area contributed by atoms with Crippen LogP contribution in [0.5, 0.6) is 0 Å². The van der Waals surface area contributed by atoms with Gasteiger partial charge in [-0.05, 0) is 325 Å². The molecule has 0 amide bonds. The fourth-order valence-electron chi connectivity index (χ4n) is 16.8. The summed E-state index contributed by atoms with van der Waals surface area (Å²) >= 11 is 0. The molecule has 0 heteroatoms. The fraction of sp³-hybridized carbons (Fsp3) is 0.356. The van der Waals surface area contributed by atoms with Gasteiger partial charge in [-0.1, -0.05) is 597 Å². The maximum atomic E-state index is 2.33. The molecular formula is C149H200. The van der Waals surface area contributed by atoms with Gasteiger partial charge < -0.3 is 0 Å². The van der Waals surface area contributed by atoms with Crippen molar-refractivity contribution in [1.29, 1.82) is 0 Å². The second-order valence-electron chi connectivity index (χ2n) is 36.0. The molecule has 0 unspecified atom stereocenters. The minimum Gasteiger partial charge on any atom is -0.0683 e. The van der Waals surface area contributed by atoms with Crippen molar-refractivity contribution in [2.45, 2.75) is 345 Å². The highest BCUT2D eigenvalue weighted by Gasteiger charge is 2.14. The average molecular weight is 1990 g/mol. The Balaban J connectivity index is 0.000000590. The molecule has 0 bridgehead atoms. The molecule has 0 aliphatic rings. The van der Waals surface area contributed by atoms with Crippen LogP contribution in [0.4, 0.5) is 0 Å². The van der Waals surface area contributed by atoms with E-state index in [9.17, 15) is 0 Å². The van der Waals surface area contributed by atoms with Crippen molar-refractivity contribution in [3.8, 4) is 111 Å². The first-order valence-corrected chi connectivity index (χ1v) is 58.4. The summed E-state index contributed by atoms with van der Waals surface area (Å²) in [4.78, 5) is 0. The van der Waals surface area contributed by atoms with Crippen LogP contribution < -0.4 is 0 Å². The van der Waals surface area contributed by atoms with E-state index >= 15 is 0 Å². The van der Waals surface area contributed by atoms with Crippen molar-refractivity contribution in [2.75, 3.05) is 0 Å². The SMILES string of the molecule is CC.CC.CC.CC.CC.CC.CC.CC.CC.CCC(CC)Cc1ccc(-c2ccc(C)cc2)cc1.CCC(CC)c1ccc(-c2ccc(C)cc2)cc1.CCc1ccc(-c2cc(-c3ccc(CC)cc3)cc(-c3ccc(CC)cc3)c2)cc1.CCc1ccc(-c2cc(CC)cc(-c3ccc(CC)cc3)c2)cc1.CCc1ccc(-c2cccc(-c3ccc(CC)cc3)c2)cc1.Cc1ccc(-c2ccc(CCC(C)C)cc2)cc1. The smallest absolute Gasteiger partial charge is 0.0167 e. The third-order valence-corrected chi connectivity index (χ3v) is 26.2. The van der Waals surface area contributed by atoms with E-state index in [0.717, 1.165) is 63.2 Å². The molecule has 0 heterocycles. The molecule has 149 heavy (non-hydrogen) atoms. The normalized spacial score (nSPS) is 9.89. The molecule has 0 atom stereocenters. The fourth-order valence-corrected chi connectivity index (χ4v) is 16.8. The monoisotopic (exact) mass is 1990 g/mol. The number of benzene rings is 16. The van der Waals surface area contributed by atoms with E-state index in [0.29, 0.717) is 5.92 Å². The van der Waals surface area contributed by atoms with E-state index in [1.54, 1.807) is 0 Å². The van der Waals surface area contributed by atoms with Gasteiger partial charge in [0.25, 0.3) is 0 Å². The average Bonchev–Trinajstić information content (AvgIpc) is 0.798. The molecule has 0 fully saturated rings. The number of rotatable bonds is 28. The zero-order chi connectivity index (χ0) is 111. The highest BCUT2D eigenvalue weighted by Crippen LogP contribution is 2.37. The molecule has 16 aromatic rings. The number of hydrogen-bond acceptors (Lipinski definition) is 0. The summed E-state index contributed by atoms with van der Waals surface area (Å²) in [7, 11) is 0. The molecular weight excluding hydrogens is 1790 g/mol.